The number of carboxylic acid groups (broad SMARTS) is 1. The van der Waals surface area contributed by atoms with E-state index in [4.69, 9.17) is 0 Å². The second-order valence-electron chi connectivity index (χ2n) is 9.06. The van der Waals surface area contributed by atoms with Gasteiger partial charge >= 0.3 is 6.09 Å². The molecule has 1 fully saturated rings. The van der Waals surface area contributed by atoms with Crippen molar-refractivity contribution in [2.24, 2.45) is 0 Å². The summed E-state index contributed by atoms with van der Waals surface area (Å²) in [6, 6.07) is 9.44. The van der Waals surface area contributed by atoms with Crippen LogP contribution >= 0.6 is 0 Å². The Balaban J connectivity index is 1.48. The maximum atomic E-state index is 15.1. The Hall–Kier alpha value is -5.05. The number of likely N-dealkylation sites (tertiary alicyclic amines) is 1. The van der Waals surface area contributed by atoms with Gasteiger partial charge in [0.25, 0.3) is 11.8 Å². The van der Waals surface area contributed by atoms with E-state index in [0.717, 1.165) is 21.4 Å². The maximum absolute atomic E-state index is 15.1. The van der Waals surface area contributed by atoms with Crippen molar-refractivity contribution in [2.75, 3.05) is 23.7 Å². The molecule has 3 amide bonds. The molecule has 0 saturated carbocycles. The number of hydrogen-bond donors (Lipinski definition) is 3. The smallest absolute Gasteiger partial charge is 0.407 e. The molecule has 38 heavy (non-hydrogen) atoms. The summed E-state index contributed by atoms with van der Waals surface area (Å²) in [7, 11) is 0. The first-order valence-corrected chi connectivity index (χ1v) is 11.8. The fourth-order valence-corrected chi connectivity index (χ4v) is 4.75. The third-order valence-corrected chi connectivity index (χ3v) is 6.57. The second-order valence-corrected chi connectivity index (χ2v) is 9.06. The number of nitriles is 1. The van der Waals surface area contributed by atoms with Gasteiger partial charge in [-0.3, -0.25) is 19.5 Å². The predicted octanol–water partition coefficient (Wildman–Crippen LogP) is 3.37. The number of anilines is 3. The van der Waals surface area contributed by atoms with Crippen molar-refractivity contribution in [3.05, 3.63) is 76.9 Å². The lowest BCUT2D eigenvalue weighted by Crippen LogP contribution is -2.60. The van der Waals surface area contributed by atoms with Crippen LogP contribution in [0, 0.1) is 24.1 Å². The first-order chi connectivity index (χ1) is 18.3. The summed E-state index contributed by atoms with van der Waals surface area (Å²) in [6.07, 6.45) is 2.18. The Bertz CT molecular complexity index is 1470. The van der Waals surface area contributed by atoms with E-state index in [0.29, 0.717) is 5.69 Å². The van der Waals surface area contributed by atoms with Crippen LogP contribution in [0.25, 0.3) is 0 Å². The van der Waals surface area contributed by atoms with Crippen LogP contribution in [-0.4, -0.2) is 68.0 Å². The van der Waals surface area contributed by atoms with Crippen LogP contribution in [-0.2, 0) is 0 Å². The lowest BCUT2D eigenvalue weighted by Gasteiger charge is -2.41. The lowest BCUT2D eigenvalue weighted by molar-refractivity contribution is 0.0453. The molecule has 1 aromatic carbocycles. The van der Waals surface area contributed by atoms with Crippen molar-refractivity contribution in [1.82, 2.24) is 19.8 Å². The monoisotopic (exact) mass is 515 g/mol. The van der Waals surface area contributed by atoms with Gasteiger partial charge in [-0.2, -0.15) is 5.26 Å². The van der Waals surface area contributed by atoms with Crippen molar-refractivity contribution in [1.29, 1.82) is 5.26 Å². The van der Waals surface area contributed by atoms with Crippen molar-refractivity contribution in [3.63, 3.8) is 0 Å². The molecule has 0 spiro atoms. The number of halogens is 1. The van der Waals surface area contributed by atoms with E-state index in [-0.39, 0.29) is 47.8 Å². The first kappa shape index (κ1) is 24.6. The van der Waals surface area contributed by atoms with Gasteiger partial charge in [-0.25, -0.2) is 14.2 Å². The Labute approximate surface area is 216 Å². The van der Waals surface area contributed by atoms with Crippen LogP contribution in [0.2, 0.25) is 0 Å². The molecule has 2 unspecified atom stereocenters. The van der Waals surface area contributed by atoms with Crippen molar-refractivity contribution >= 4 is 35.2 Å². The number of carbonyl (C=O) groups excluding carboxylic acids is 2. The first-order valence-electron chi connectivity index (χ1n) is 11.8. The zero-order valence-electron chi connectivity index (χ0n) is 20.2. The highest BCUT2D eigenvalue weighted by Crippen LogP contribution is 2.31. The summed E-state index contributed by atoms with van der Waals surface area (Å²) < 4.78 is 15.1. The van der Waals surface area contributed by atoms with Gasteiger partial charge < -0.3 is 20.6 Å². The van der Waals surface area contributed by atoms with E-state index in [1.165, 1.54) is 18.3 Å². The Kier molecular flexibility index (Phi) is 6.34. The highest BCUT2D eigenvalue weighted by molar-refractivity contribution is 6.21. The van der Waals surface area contributed by atoms with Gasteiger partial charge in [0, 0.05) is 19.3 Å². The van der Waals surface area contributed by atoms with Gasteiger partial charge in [0.05, 0.1) is 40.7 Å². The molecule has 4 heterocycles. The summed E-state index contributed by atoms with van der Waals surface area (Å²) in [5.74, 6) is -2.02. The molecule has 192 valence electrons. The second kappa shape index (κ2) is 9.78. The summed E-state index contributed by atoms with van der Waals surface area (Å²) in [4.78, 5) is 48.6. The van der Waals surface area contributed by atoms with E-state index in [1.54, 1.807) is 24.4 Å². The van der Waals surface area contributed by atoms with Gasteiger partial charge in [-0.1, -0.05) is 12.1 Å². The molecule has 2 aromatic heterocycles. The number of nitrogens with one attached hydrogen (secondary N) is 2. The fourth-order valence-electron chi connectivity index (χ4n) is 4.75. The minimum Gasteiger partial charge on any atom is -0.465 e. The SMILES string of the molecule is Cc1cncc(Nc2nc(NC3CCN(C(=O)O)CC3N3C(=O)c4ccccc4C3=O)c(F)cc2C#N)c1. The molecular formula is C26H22FN7O4. The molecule has 11 nitrogen and oxygen atoms in total. The molecule has 5 rings (SSSR count). The van der Waals surface area contributed by atoms with Gasteiger partial charge in [-0.15, -0.1) is 0 Å². The van der Waals surface area contributed by atoms with Crippen LogP contribution in [0.4, 0.5) is 26.5 Å². The van der Waals surface area contributed by atoms with Crippen molar-refractivity contribution in [3.8, 4) is 6.07 Å². The van der Waals surface area contributed by atoms with E-state index >= 15 is 4.39 Å². The molecule has 2 atom stereocenters. The normalized spacial score (nSPS) is 18.7. The van der Waals surface area contributed by atoms with Crippen LogP contribution in [0.1, 0.15) is 38.3 Å². The van der Waals surface area contributed by atoms with E-state index in [2.05, 4.69) is 20.6 Å². The highest BCUT2D eigenvalue weighted by Gasteiger charge is 2.45. The number of benzene rings is 1. The summed E-state index contributed by atoms with van der Waals surface area (Å²) in [6.45, 7) is 1.79. The third-order valence-electron chi connectivity index (χ3n) is 6.57. The summed E-state index contributed by atoms with van der Waals surface area (Å²) in [5, 5.41) is 25.1. The number of aryl methyl sites for hydroxylation is 1. The molecule has 1 saturated heterocycles. The predicted molar refractivity (Wildman–Crippen MR) is 134 cm³/mol. The van der Waals surface area contributed by atoms with Crippen LogP contribution < -0.4 is 10.6 Å². The molecule has 0 bridgehead atoms. The molecule has 0 radical (unpaired) electrons. The van der Waals surface area contributed by atoms with Crippen LogP contribution in [0.5, 0.6) is 0 Å². The lowest BCUT2D eigenvalue weighted by atomic mass is 9.97. The number of aromatic nitrogens is 2. The van der Waals surface area contributed by atoms with Gasteiger partial charge in [0.1, 0.15) is 6.07 Å². The largest absolute Gasteiger partial charge is 0.465 e. The average molecular weight is 516 g/mol. The summed E-state index contributed by atoms with van der Waals surface area (Å²) >= 11 is 0. The number of carbonyl (C=O) groups is 3. The third kappa shape index (κ3) is 4.45. The molecule has 0 aliphatic carbocycles. The number of fused-ring (bicyclic) bond motifs is 1. The topological polar surface area (TPSA) is 152 Å². The summed E-state index contributed by atoms with van der Waals surface area (Å²) in [5.41, 5.74) is 1.83. The van der Waals surface area contributed by atoms with E-state index in [1.807, 2.05) is 13.0 Å². The van der Waals surface area contributed by atoms with E-state index in [9.17, 15) is 24.8 Å². The van der Waals surface area contributed by atoms with E-state index < -0.39 is 35.8 Å². The number of imide groups is 1. The number of nitrogens with zero attached hydrogens (tertiary/aromatic N) is 5. The fraction of sp³-hybridized carbons (Fsp3) is 0.231. The molecule has 3 aromatic rings. The van der Waals surface area contributed by atoms with Gasteiger partial charge in [-0.05, 0) is 43.2 Å². The quantitative estimate of drug-likeness (QED) is 0.434. The Morgan fingerprint density at radius 3 is 2.50 bits per heavy atom. The molecule has 2 aliphatic heterocycles. The van der Waals surface area contributed by atoms with Crippen LogP contribution in [0.15, 0.2) is 48.8 Å². The van der Waals surface area contributed by atoms with Gasteiger partial charge in [0.2, 0.25) is 0 Å². The Morgan fingerprint density at radius 1 is 1.16 bits per heavy atom. The standard InChI is InChI=1S/C26H22FN7O4/c1-14-8-16(12-29-11-14)30-22-15(10-28)9-19(27)23(32-22)31-20-6-7-33(26(37)38)13-21(20)34-24(35)17-4-2-3-5-18(17)25(34)36/h2-5,8-9,11-12,20-21H,6-7,13H2,1H3,(H,37,38)(H2,30,31,32). The minimum atomic E-state index is -1.19. The number of pyridine rings is 2. The van der Waals surface area contributed by atoms with Crippen LogP contribution in [0.3, 0.4) is 0 Å². The molecule has 12 heteroatoms. The Morgan fingerprint density at radius 2 is 1.87 bits per heavy atom. The number of piperidine rings is 1. The number of rotatable bonds is 5. The zero-order valence-corrected chi connectivity index (χ0v) is 20.2. The maximum Gasteiger partial charge on any atom is 0.407 e. The molecule has 2 aliphatic rings. The number of hydrogen-bond acceptors (Lipinski definition) is 8. The minimum absolute atomic E-state index is 0.0350. The van der Waals surface area contributed by atoms with Gasteiger partial charge in [0.15, 0.2) is 17.5 Å². The molecule has 3 N–H and O–H groups in total. The zero-order chi connectivity index (χ0) is 27.0. The highest BCUT2D eigenvalue weighted by atomic mass is 19.1. The van der Waals surface area contributed by atoms with Crippen molar-refractivity contribution in [2.45, 2.75) is 25.4 Å². The molecular weight excluding hydrogens is 493 g/mol. The average Bonchev–Trinajstić information content (AvgIpc) is 3.15. The van der Waals surface area contributed by atoms with Crippen molar-refractivity contribution < 1.29 is 23.9 Å². The number of amides is 3.